The first-order valence-electron chi connectivity index (χ1n) is 47.8. The Morgan fingerprint density at radius 3 is 0.869 bits per heavy atom. The van der Waals surface area contributed by atoms with Crippen molar-refractivity contribution in [2.24, 2.45) is 65.1 Å². The number of Topliss-reactive ketones (excluding diaryl/α,β-unsaturated/α-hetero) is 5. The van der Waals surface area contributed by atoms with E-state index in [4.69, 9.17) is 11.6 Å². The topological polar surface area (TPSA) is 445 Å². The van der Waals surface area contributed by atoms with Crippen LogP contribution in [0.2, 0.25) is 5.02 Å². The van der Waals surface area contributed by atoms with Crippen LogP contribution in [0.15, 0.2) is 216 Å². The number of carbonyl (C=O) groups is 13. The lowest BCUT2D eigenvalue weighted by Crippen LogP contribution is -2.36. The van der Waals surface area contributed by atoms with E-state index < -0.39 is 44.9 Å². The van der Waals surface area contributed by atoms with Gasteiger partial charge in [-0.3, -0.25) is 28.8 Å². The van der Waals surface area contributed by atoms with Crippen LogP contribution in [0, 0.1) is 77.8 Å². The second kappa shape index (κ2) is 71.6. The summed E-state index contributed by atoms with van der Waals surface area (Å²) in [7, 11) is -3.10. The normalized spacial score (nSPS) is 12.1. The monoisotopic (exact) mass is 2360 g/mol. The maximum Gasteiger partial charge on any atom is 0.319 e. The molecule has 30 nitrogen and oxygen atoms in total. The molecular formula is C107H145Br5ClFN14O16S. The molecule has 0 aromatic heterocycles. The lowest BCUT2D eigenvalue weighted by atomic mass is 9.94. The lowest BCUT2D eigenvalue weighted by Gasteiger charge is -2.17. The number of urea groups is 7. The van der Waals surface area contributed by atoms with Crippen LogP contribution >= 0.6 is 91.3 Å². The number of rotatable bonds is 43. The molecule has 0 aliphatic rings. The van der Waals surface area contributed by atoms with Gasteiger partial charge in [0.1, 0.15) is 44.6 Å². The number of anilines is 7. The van der Waals surface area contributed by atoms with Gasteiger partial charge in [0.25, 0.3) is 0 Å². The summed E-state index contributed by atoms with van der Waals surface area (Å²) in [4.78, 5) is 151. The third kappa shape index (κ3) is 62.6. The summed E-state index contributed by atoms with van der Waals surface area (Å²) < 4.78 is 41.4. The molecule has 0 spiro atoms. The van der Waals surface area contributed by atoms with Crippen LogP contribution in [0.5, 0.6) is 0 Å². The van der Waals surface area contributed by atoms with Crippen molar-refractivity contribution >= 4 is 218 Å². The highest BCUT2D eigenvalue weighted by molar-refractivity contribution is 9.11. The Morgan fingerprint density at radius 2 is 0.600 bits per heavy atom. The van der Waals surface area contributed by atoms with Gasteiger partial charge in [-0.05, 0) is 280 Å². The van der Waals surface area contributed by atoms with E-state index in [0.29, 0.717) is 120 Å². The molecule has 0 bridgehead atoms. The molecular weight excluding hydrogens is 2220 g/mol. The van der Waals surface area contributed by atoms with Gasteiger partial charge in [0.05, 0.1) is 16.9 Å². The zero-order valence-electron chi connectivity index (χ0n) is 85.8. The fourth-order valence-corrected chi connectivity index (χ4v) is 16.4. The van der Waals surface area contributed by atoms with Gasteiger partial charge in [-0.15, -0.1) is 0 Å². The number of halogens is 7. The Hall–Kier alpha value is -11.0. The van der Waals surface area contributed by atoms with E-state index in [-0.39, 0.29) is 107 Å². The Balaban J connectivity index is 0.000000572. The maximum atomic E-state index is 13.6. The second-order valence-corrected chi connectivity index (χ2v) is 44.2. The van der Waals surface area contributed by atoms with Crippen molar-refractivity contribution in [3.05, 3.63) is 238 Å². The van der Waals surface area contributed by atoms with Crippen LogP contribution in [0.1, 0.15) is 173 Å². The molecule has 7 atom stereocenters. The maximum absolute atomic E-state index is 13.6. The predicted molar refractivity (Wildman–Crippen MR) is 600 cm³/mol. The van der Waals surface area contributed by atoms with Gasteiger partial charge in [-0.25, -0.2) is 46.4 Å². The van der Waals surface area contributed by atoms with Gasteiger partial charge in [0.15, 0.2) is 0 Å². The second-order valence-electron chi connectivity index (χ2n) is 36.9. The number of ketones is 5. The number of hydrogen-bond acceptors (Lipinski definition) is 15. The molecule has 14 amide bonds. The molecule has 794 valence electrons. The van der Waals surface area contributed by atoms with E-state index >= 15 is 0 Å². The van der Waals surface area contributed by atoms with Crippen molar-refractivity contribution in [3.8, 4) is 0 Å². The average molecular weight is 2370 g/mol. The van der Waals surface area contributed by atoms with E-state index in [1.165, 1.54) is 25.3 Å². The molecule has 0 saturated heterocycles. The van der Waals surface area contributed by atoms with E-state index in [0.717, 1.165) is 72.5 Å². The van der Waals surface area contributed by atoms with Crippen LogP contribution < -0.4 is 74.4 Å². The first-order valence-corrected chi connectivity index (χ1v) is 54.1. The number of carbonyl (C=O) groups excluding carboxylic acids is 12. The van der Waals surface area contributed by atoms with Crippen LogP contribution in [-0.2, 0) is 45.0 Å². The number of carboxylic acids is 1. The summed E-state index contributed by atoms with van der Waals surface area (Å²) in [5.74, 6) is -0.357. The van der Waals surface area contributed by atoms with Crippen molar-refractivity contribution < 1.29 is 80.2 Å². The van der Waals surface area contributed by atoms with Gasteiger partial charge in [0.2, 0.25) is 0 Å². The first kappa shape index (κ1) is 130. The number of nitrogens with one attached hydrogen (secondary N) is 14. The van der Waals surface area contributed by atoms with Crippen molar-refractivity contribution in [3.63, 3.8) is 0 Å². The Morgan fingerprint density at radius 1 is 0.338 bits per heavy atom. The van der Waals surface area contributed by atoms with Gasteiger partial charge < -0.3 is 79.5 Å². The Bertz CT molecular complexity index is 5230. The molecule has 0 radical (unpaired) electrons. The summed E-state index contributed by atoms with van der Waals surface area (Å²) in [6.45, 7) is 34.4. The molecule has 8 aromatic carbocycles. The number of carboxylic acid groups (broad SMARTS) is 1. The fraction of sp³-hybridized carbons (Fsp3) is 0.430. The minimum atomic E-state index is -3.10. The molecule has 0 fully saturated rings. The number of sulfone groups is 1. The lowest BCUT2D eigenvalue weighted by molar-refractivity contribution is -0.141. The van der Waals surface area contributed by atoms with Crippen molar-refractivity contribution in [2.75, 3.05) is 89.3 Å². The number of benzene rings is 8. The Kier molecular flexibility index (Phi) is 64.2. The molecule has 0 saturated carbocycles. The van der Waals surface area contributed by atoms with Crippen molar-refractivity contribution in [1.29, 1.82) is 0 Å². The number of hydrogen-bond donors (Lipinski definition) is 15. The van der Waals surface area contributed by atoms with Crippen LogP contribution in [0.3, 0.4) is 0 Å². The van der Waals surface area contributed by atoms with E-state index in [1.54, 1.807) is 107 Å². The molecule has 38 heteroatoms. The van der Waals surface area contributed by atoms with Gasteiger partial charge >= 0.3 is 48.2 Å². The molecule has 0 aliphatic heterocycles. The van der Waals surface area contributed by atoms with E-state index in [1.807, 2.05) is 145 Å². The third-order valence-electron chi connectivity index (χ3n) is 21.4. The Labute approximate surface area is 901 Å². The largest absolute Gasteiger partial charge is 0.481 e. The summed E-state index contributed by atoms with van der Waals surface area (Å²) >= 11 is 22.2. The summed E-state index contributed by atoms with van der Waals surface area (Å²) in [5.41, 5.74) is 6.33. The quantitative estimate of drug-likeness (QED) is 0.0169. The van der Waals surface area contributed by atoms with Crippen molar-refractivity contribution in [1.82, 2.24) is 37.2 Å². The van der Waals surface area contributed by atoms with Crippen LogP contribution in [-0.4, -0.2) is 148 Å². The number of amides is 14. The summed E-state index contributed by atoms with van der Waals surface area (Å²) in [6, 6.07) is 54.7. The zero-order chi connectivity index (χ0) is 109. The molecule has 8 aromatic rings. The molecule has 7 unspecified atom stereocenters. The van der Waals surface area contributed by atoms with Gasteiger partial charge in [-0.1, -0.05) is 222 Å². The predicted octanol–water partition coefficient (Wildman–Crippen LogP) is 25.4. The fourth-order valence-electron chi connectivity index (χ4n) is 13.6. The number of aryl methyl sites for hydroxylation is 1. The molecule has 15 N–H and O–H groups in total. The standard InChI is InChI=1S/C17H17BrN2O3.C16H24N2O2.C15H20BrFN2O2.C15H23BrN2O3S.C15H21BrN2O2.C15H21ClN2O2.C14H19BrN2O2/c18-14-6-8-15(9-7-14)20-17(23)19-11-13(16(21)22)10-12-4-2-1-3-5-12;1-11(2)9-14(13(4)19)10-17-16(20)18-15-7-5-12(3)6-8-15;1-9(2)6-11(10(3)20)8-18-15(21)19-14-5-4-12(16)7-13(14)17;1-11(2)10-14(22(3,20)21)8-9-17-15(19)18-13-6-4-12(16)5-7-13;2*1-10(2)8-12(11(3)19)9-17-15(20)18-14-6-4-13(16)5-7-14;1-3-4-11(10(2)18)9-16-14(19)17-13-7-5-12(15)6-8-13/h1-9,13H,10-11H2,(H,21,22)(H2,19,20,23);5-8,11,14H,9-10H2,1-4H3,(H2,17,18,20);4-5,7,9,11H,6,8H2,1-3H3,(H2,18,19,21);4-7,11,14H,8-10H2,1-3H3,(H2,17,18,19);2*4-7,10,12H,8-9H2,1-3H3,(H2,17,18,20);5-8,11H,3-4,9H2,1-2H3,(H2,16,17,19). The molecule has 0 heterocycles. The minimum Gasteiger partial charge on any atom is -0.481 e. The zero-order valence-corrected chi connectivity index (χ0v) is 95.3. The van der Waals surface area contributed by atoms with E-state index in [9.17, 15) is 80.2 Å². The highest BCUT2D eigenvalue weighted by Gasteiger charge is 2.26. The first-order chi connectivity index (χ1) is 68.2. The third-order valence-corrected chi connectivity index (χ3v) is 25.9. The number of aliphatic carboxylic acids is 1. The van der Waals surface area contributed by atoms with E-state index in [2.05, 4.69) is 196 Å². The summed E-state index contributed by atoms with van der Waals surface area (Å²) in [5, 5.41) is 47.1. The van der Waals surface area contributed by atoms with Gasteiger partial charge in [-0.2, -0.15) is 0 Å². The van der Waals surface area contributed by atoms with Gasteiger partial charge in [0, 0.05) is 143 Å². The average Bonchev–Trinajstić information content (AvgIpc) is 0.875. The smallest absolute Gasteiger partial charge is 0.319 e. The minimum absolute atomic E-state index is 0.0406. The molecule has 8 rings (SSSR count). The molecule has 0 aliphatic carbocycles. The van der Waals surface area contributed by atoms with Crippen LogP contribution in [0.25, 0.3) is 0 Å². The highest BCUT2D eigenvalue weighted by Crippen LogP contribution is 2.25. The SMILES string of the molecule is CC(=O)C(CNC(=O)Nc1ccc(Br)cc1)CC(C)C.CC(=O)C(CNC(=O)Nc1ccc(Br)cc1F)CC(C)C.CC(=O)C(CNC(=O)Nc1ccc(C)cc1)CC(C)C.CC(=O)C(CNC(=O)Nc1ccc(Cl)cc1)CC(C)C.CC(C)CC(CCNC(=O)Nc1ccc(Br)cc1)S(C)(=O)=O.CCCC(CNC(=O)Nc1ccc(Br)cc1)C(C)=O.O=C(NCC(Cc1ccccc1)C(=O)O)Nc1ccc(Br)cc1. The molecule has 145 heavy (non-hydrogen) atoms. The van der Waals surface area contributed by atoms with Crippen molar-refractivity contribution in [2.45, 2.75) is 181 Å². The van der Waals surface area contributed by atoms with Crippen LogP contribution in [0.4, 0.5) is 77.8 Å². The highest BCUT2D eigenvalue weighted by atomic mass is 79.9. The summed E-state index contributed by atoms with van der Waals surface area (Å²) in [6.07, 6.45) is 7.44.